The van der Waals surface area contributed by atoms with E-state index in [-0.39, 0.29) is 0 Å². The van der Waals surface area contributed by atoms with Gasteiger partial charge in [0.1, 0.15) is 11.6 Å². The Hall–Kier alpha value is -1.81. The molecule has 1 aromatic heterocycles. The average molecular weight is 232 g/mol. The van der Waals surface area contributed by atoms with Gasteiger partial charge in [0.15, 0.2) is 0 Å². The Morgan fingerprint density at radius 3 is 2.71 bits per heavy atom. The van der Waals surface area contributed by atoms with Gasteiger partial charge in [0.05, 0.1) is 18.9 Å². The molecule has 0 saturated carbocycles. The van der Waals surface area contributed by atoms with Crippen LogP contribution < -0.4 is 4.74 Å². The molecule has 0 aliphatic heterocycles. The van der Waals surface area contributed by atoms with Crippen molar-refractivity contribution >= 4 is 0 Å². The van der Waals surface area contributed by atoms with Crippen LogP contribution in [0.5, 0.6) is 5.75 Å². The third-order valence-electron chi connectivity index (χ3n) is 2.77. The Balaban J connectivity index is 2.65. The highest BCUT2D eigenvalue weighted by atomic mass is 16.5. The SMILES string of the molecule is COc1cccc(-n2ccnc2C)c1[C@@H](C)O. The van der Waals surface area contributed by atoms with Gasteiger partial charge < -0.3 is 14.4 Å². The Labute approximate surface area is 100 Å². The first kappa shape index (κ1) is 11.7. The van der Waals surface area contributed by atoms with Gasteiger partial charge in [-0.15, -0.1) is 0 Å². The standard InChI is InChI=1S/C13H16N2O2/c1-9(16)13-11(5-4-6-12(13)17-3)15-8-7-14-10(15)2/h4-9,16H,1-3H3/t9-/m1/s1. The van der Waals surface area contributed by atoms with Crippen LogP contribution in [0.15, 0.2) is 30.6 Å². The number of aliphatic hydroxyl groups excluding tert-OH is 1. The zero-order chi connectivity index (χ0) is 12.4. The van der Waals surface area contributed by atoms with E-state index in [9.17, 15) is 5.11 Å². The first-order valence-corrected chi connectivity index (χ1v) is 5.50. The van der Waals surface area contributed by atoms with Gasteiger partial charge in [0, 0.05) is 18.0 Å². The first-order chi connectivity index (χ1) is 8.15. The smallest absolute Gasteiger partial charge is 0.126 e. The second-order valence-electron chi connectivity index (χ2n) is 3.91. The minimum absolute atomic E-state index is 0.594. The third-order valence-corrected chi connectivity index (χ3v) is 2.77. The van der Waals surface area contributed by atoms with Gasteiger partial charge >= 0.3 is 0 Å². The summed E-state index contributed by atoms with van der Waals surface area (Å²) in [4.78, 5) is 4.19. The van der Waals surface area contributed by atoms with Crippen LogP contribution in [0.2, 0.25) is 0 Å². The number of aryl methyl sites for hydroxylation is 1. The molecule has 0 aliphatic rings. The molecular formula is C13H16N2O2. The Morgan fingerprint density at radius 1 is 1.41 bits per heavy atom. The summed E-state index contributed by atoms with van der Waals surface area (Å²) in [5, 5.41) is 9.89. The molecule has 1 atom stereocenters. The monoisotopic (exact) mass is 232 g/mol. The minimum Gasteiger partial charge on any atom is -0.496 e. The summed E-state index contributed by atoms with van der Waals surface area (Å²) in [6, 6.07) is 5.69. The van der Waals surface area contributed by atoms with E-state index in [1.54, 1.807) is 20.2 Å². The lowest BCUT2D eigenvalue weighted by atomic mass is 10.1. The van der Waals surface area contributed by atoms with Crippen molar-refractivity contribution in [1.82, 2.24) is 9.55 Å². The third kappa shape index (κ3) is 2.03. The fourth-order valence-corrected chi connectivity index (χ4v) is 1.97. The number of hydrogen-bond acceptors (Lipinski definition) is 3. The Kier molecular flexibility index (Phi) is 3.15. The van der Waals surface area contributed by atoms with Gasteiger partial charge in [0.25, 0.3) is 0 Å². The Bertz CT molecular complexity index is 518. The summed E-state index contributed by atoms with van der Waals surface area (Å²) in [7, 11) is 1.60. The number of aliphatic hydroxyl groups is 1. The van der Waals surface area contributed by atoms with Crippen molar-refractivity contribution in [3.05, 3.63) is 42.0 Å². The molecule has 0 spiro atoms. The van der Waals surface area contributed by atoms with E-state index in [1.807, 2.05) is 35.9 Å². The van der Waals surface area contributed by atoms with Crippen LogP contribution in [0.4, 0.5) is 0 Å². The number of methoxy groups -OCH3 is 1. The van der Waals surface area contributed by atoms with Gasteiger partial charge in [-0.2, -0.15) is 0 Å². The van der Waals surface area contributed by atoms with Gasteiger partial charge in [-0.3, -0.25) is 0 Å². The van der Waals surface area contributed by atoms with E-state index in [4.69, 9.17) is 4.74 Å². The topological polar surface area (TPSA) is 47.3 Å². The first-order valence-electron chi connectivity index (χ1n) is 5.50. The fraction of sp³-hybridized carbons (Fsp3) is 0.308. The maximum absolute atomic E-state index is 9.89. The number of hydrogen-bond donors (Lipinski definition) is 1. The lowest BCUT2D eigenvalue weighted by Gasteiger charge is -2.17. The number of rotatable bonds is 3. The normalized spacial score (nSPS) is 12.5. The number of aromatic nitrogens is 2. The predicted molar refractivity (Wildman–Crippen MR) is 65.5 cm³/mol. The summed E-state index contributed by atoms with van der Waals surface area (Å²) in [6.45, 7) is 3.65. The van der Waals surface area contributed by atoms with Crippen molar-refractivity contribution < 1.29 is 9.84 Å². The summed E-state index contributed by atoms with van der Waals surface area (Å²) in [5.74, 6) is 1.56. The van der Waals surface area contributed by atoms with Gasteiger partial charge in [-0.1, -0.05) is 6.07 Å². The molecule has 0 aliphatic carbocycles. The van der Waals surface area contributed by atoms with Gasteiger partial charge in [-0.25, -0.2) is 4.98 Å². The molecule has 1 aromatic carbocycles. The zero-order valence-corrected chi connectivity index (χ0v) is 10.2. The van der Waals surface area contributed by atoms with Gasteiger partial charge in [0.2, 0.25) is 0 Å². The largest absolute Gasteiger partial charge is 0.496 e. The molecule has 0 amide bonds. The molecule has 4 nitrogen and oxygen atoms in total. The van der Waals surface area contributed by atoms with Gasteiger partial charge in [-0.05, 0) is 26.0 Å². The molecule has 1 N–H and O–H groups in total. The van der Waals surface area contributed by atoms with Crippen molar-refractivity contribution in [1.29, 1.82) is 0 Å². The van der Waals surface area contributed by atoms with Crippen molar-refractivity contribution in [3.8, 4) is 11.4 Å². The van der Waals surface area contributed by atoms with Crippen molar-refractivity contribution in [2.24, 2.45) is 0 Å². The molecular weight excluding hydrogens is 216 g/mol. The molecule has 1 heterocycles. The number of benzene rings is 1. The quantitative estimate of drug-likeness (QED) is 0.882. The molecule has 0 saturated heterocycles. The predicted octanol–water partition coefficient (Wildman–Crippen LogP) is 2.24. The second kappa shape index (κ2) is 4.59. The summed E-state index contributed by atoms with van der Waals surface area (Å²) in [6.07, 6.45) is 3.01. The second-order valence-corrected chi connectivity index (χ2v) is 3.91. The van der Waals surface area contributed by atoms with E-state index in [2.05, 4.69) is 4.98 Å². The molecule has 17 heavy (non-hydrogen) atoms. The summed E-state index contributed by atoms with van der Waals surface area (Å²) in [5.41, 5.74) is 1.67. The number of imidazole rings is 1. The summed E-state index contributed by atoms with van der Waals surface area (Å²) < 4.78 is 7.23. The van der Waals surface area contributed by atoms with Crippen LogP contribution >= 0.6 is 0 Å². The lowest BCUT2D eigenvalue weighted by molar-refractivity contribution is 0.194. The highest BCUT2D eigenvalue weighted by molar-refractivity contribution is 5.51. The summed E-state index contributed by atoms with van der Waals surface area (Å²) >= 11 is 0. The molecule has 2 rings (SSSR count). The van der Waals surface area contributed by atoms with Crippen molar-refractivity contribution in [2.45, 2.75) is 20.0 Å². The van der Waals surface area contributed by atoms with Crippen LogP contribution in [0.25, 0.3) is 5.69 Å². The molecule has 90 valence electrons. The van der Waals surface area contributed by atoms with E-state index in [0.29, 0.717) is 5.75 Å². The zero-order valence-electron chi connectivity index (χ0n) is 10.2. The van der Waals surface area contributed by atoms with Crippen molar-refractivity contribution in [3.63, 3.8) is 0 Å². The van der Waals surface area contributed by atoms with Crippen LogP contribution in [0.1, 0.15) is 24.4 Å². The molecule has 0 fully saturated rings. The van der Waals surface area contributed by atoms with Crippen molar-refractivity contribution in [2.75, 3.05) is 7.11 Å². The molecule has 2 aromatic rings. The van der Waals surface area contributed by atoms with Crippen LogP contribution in [0, 0.1) is 6.92 Å². The van der Waals surface area contributed by atoms with Crippen LogP contribution in [0.3, 0.4) is 0 Å². The maximum Gasteiger partial charge on any atom is 0.126 e. The lowest BCUT2D eigenvalue weighted by Crippen LogP contribution is -2.05. The molecule has 4 heteroatoms. The maximum atomic E-state index is 9.89. The molecule has 0 radical (unpaired) electrons. The van der Waals surface area contributed by atoms with Crippen LogP contribution in [-0.2, 0) is 0 Å². The van der Waals surface area contributed by atoms with E-state index >= 15 is 0 Å². The minimum atomic E-state index is -0.594. The highest BCUT2D eigenvalue weighted by Gasteiger charge is 2.16. The van der Waals surface area contributed by atoms with E-state index < -0.39 is 6.10 Å². The number of nitrogens with zero attached hydrogens (tertiary/aromatic N) is 2. The average Bonchev–Trinajstić information content (AvgIpc) is 2.74. The molecule has 0 unspecified atom stereocenters. The van der Waals surface area contributed by atoms with Crippen LogP contribution in [-0.4, -0.2) is 21.8 Å². The molecule has 0 bridgehead atoms. The highest BCUT2D eigenvalue weighted by Crippen LogP contribution is 2.31. The Morgan fingerprint density at radius 2 is 2.18 bits per heavy atom. The fourth-order valence-electron chi connectivity index (χ4n) is 1.97. The van der Waals surface area contributed by atoms with E-state index in [0.717, 1.165) is 17.1 Å². The number of ether oxygens (including phenoxy) is 1. The van der Waals surface area contributed by atoms with E-state index in [1.165, 1.54) is 0 Å².